The molecule has 0 spiro atoms. The zero-order valence-corrected chi connectivity index (χ0v) is 16.2. The third-order valence-electron chi connectivity index (χ3n) is 4.83. The number of hydrogen-bond acceptors (Lipinski definition) is 4. The summed E-state index contributed by atoms with van der Waals surface area (Å²) in [7, 11) is 0. The van der Waals surface area contributed by atoms with Crippen LogP contribution in [0.5, 0.6) is 0 Å². The summed E-state index contributed by atoms with van der Waals surface area (Å²) in [5.41, 5.74) is 1.70. The van der Waals surface area contributed by atoms with Gasteiger partial charge in [0.2, 0.25) is 11.8 Å². The Bertz CT molecular complexity index is 784. The van der Waals surface area contributed by atoms with Crippen LogP contribution in [0.3, 0.4) is 0 Å². The minimum absolute atomic E-state index is 0.0859. The molecule has 1 N–H and O–H groups in total. The van der Waals surface area contributed by atoms with E-state index >= 15 is 0 Å². The molecule has 0 bridgehead atoms. The van der Waals surface area contributed by atoms with E-state index in [1.54, 1.807) is 26.0 Å². The van der Waals surface area contributed by atoms with E-state index in [1.165, 1.54) is 4.90 Å². The molecule has 0 aromatic heterocycles. The molecule has 0 unspecified atom stereocenters. The van der Waals surface area contributed by atoms with Crippen molar-refractivity contribution in [2.75, 3.05) is 13.2 Å². The summed E-state index contributed by atoms with van der Waals surface area (Å²) in [6.07, 6.45) is 2.05. The van der Waals surface area contributed by atoms with E-state index in [0.29, 0.717) is 16.3 Å². The van der Waals surface area contributed by atoms with Crippen LogP contribution in [0.25, 0.3) is 0 Å². The van der Waals surface area contributed by atoms with E-state index in [0.717, 1.165) is 18.4 Å². The molecular weight excluding hydrogens is 368 g/mol. The lowest BCUT2D eigenvalue weighted by Gasteiger charge is -2.34. The number of carbonyl (C=O) groups is 3. The number of nitrogens with one attached hydrogen (secondary N) is 1. The summed E-state index contributed by atoms with van der Waals surface area (Å²) in [6.45, 7) is 3.58. The average Bonchev–Trinajstić information content (AvgIpc) is 3.43. The molecule has 1 aliphatic carbocycles. The molecule has 0 radical (unpaired) electrons. The highest BCUT2D eigenvalue weighted by Crippen LogP contribution is 2.37. The molecule has 1 aliphatic heterocycles. The zero-order valence-electron chi connectivity index (χ0n) is 15.5. The predicted molar refractivity (Wildman–Crippen MR) is 101 cm³/mol. The molecule has 3 rings (SSSR count). The molecule has 2 aliphatic rings. The fraction of sp³-hybridized carbons (Fsp3) is 0.450. The summed E-state index contributed by atoms with van der Waals surface area (Å²) in [4.78, 5) is 39.0. The first kappa shape index (κ1) is 19.4. The van der Waals surface area contributed by atoms with Gasteiger partial charge in [-0.2, -0.15) is 0 Å². The number of amides is 2. The molecule has 0 saturated heterocycles. The normalized spacial score (nSPS) is 19.9. The summed E-state index contributed by atoms with van der Waals surface area (Å²) in [5.74, 6) is -1.28. The van der Waals surface area contributed by atoms with Crippen molar-refractivity contribution in [2.24, 2.45) is 0 Å². The molecule has 6 nitrogen and oxygen atoms in total. The van der Waals surface area contributed by atoms with Crippen molar-refractivity contribution >= 4 is 29.4 Å². The first-order valence-electron chi connectivity index (χ1n) is 9.13. The fourth-order valence-electron chi connectivity index (χ4n) is 3.30. The van der Waals surface area contributed by atoms with Crippen molar-refractivity contribution in [1.82, 2.24) is 10.2 Å². The lowest BCUT2D eigenvalue weighted by molar-refractivity contribution is -0.141. The van der Waals surface area contributed by atoms with Crippen LogP contribution in [0.1, 0.15) is 44.6 Å². The lowest BCUT2D eigenvalue weighted by Crippen LogP contribution is -2.44. The van der Waals surface area contributed by atoms with Crippen molar-refractivity contribution in [1.29, 1.82) is 0 Å². The SMILES string of the molecule is CCOC(=O)C1=C(C)N(CC(=O)NC2CC2)C(=O)C[C@@H]1c1ccc(Cl)cc1. The van der Waals surface area contributed by atoms with Crippen molar-refractivity contribution in [2.45, 2.75) is 45.1 Å². The Morgan fingerprint density at radius 2 is 1.93 bits per heavy atom. The molecule has 1 aromatic rings. The number of benzene rings is 1. The molecular formula is C20H23ClN2O4. The predicted octanol–water partition coefficient (Wildman–Crippen LogP) is 2.77. The molecule has 27 heavy (non-hydrogen) atoms. The number of carbonyl (C=O) groups excluding carboxylic acids is 3. The second-order valence-electron chi connectivity index (χ2n) is 6.85. The van der Waals surface area contributed by atoms with Gasteiger partial charge in [-0.3, -0.25) is 9.59 Å². The average molecular weight is 391 g/mol. The van der Waals surface area contributed by atoms with E-state index in [4.69, 9.17) is 16.3 Å². The maximum atomic E-state index is 12.8. The Morgan fingerprint density at radius 3 is 2.52 bits per heavy atom. The lowest BCUT2D eigenvalue weighted by atomic mass is 9.83. The van der Waals surface area contributed by atoms with Crippen molar-refractivity contribution in [3.63, 3.8) is 0 Å². The highest BCUT2D eigenvalue weighted by molar-refractivity contribution is 6.30. The van der Waals surface area contributed by atoms with Gasteiger partial charge in [-0.05, 0) is 44.4 Å². The number of halogens is 1. The second-order valence-corrected chi connectivity index (χ2v) is 7.29. The van der Waals surface area contributed by atoms with Gasteiger partial charge in [0.05, 0.1) is 12.2 Å². The second kappa shape index (κ2) is 8.13. The minimum Gasteiger partial charge on any atom is -0.463 e. The van der Waals surface area contributed by atoms with Crippen molar-refractivity contribution in [3.05, 3.63) is 46.1 Å². The van der Waals surface area contributed by atoms with Crippen LogP contribution < -0.4 is 5.32 Å². The van der Waals surface area contributed by atoms with Gasteiger partial charge in [-0.1, -0.05) is 23.7 Å². The van der Waals surface area contributed by atoms with E-state index in [-0.39, 0.29) is 37.4 Å². The Balaban J connectivity index is 1.92. The van der Waals surface area contributed by atoms with Gasteiger partial charge in [0.25, 0.3) is 0 Å². The van der Waals surface area contributed by atoms with Crippen LogP contribution in [0.15, 0.2) is 35.5 Å². The van der Waals surface area contributed by atoms with E-state index in [1.807, 2.05) is 12.1 Å². The third-order valence-corrected chi connectivity index (χ3v) is 5.09. The standard InChI is InChI=1S/C20H23ClN2O4/c1-3-27-20(26)19-12(2)23(11-17(24)22-15-8-9-15)18(25)10-16(19)13-4-6-14(21)7-5-13/h4-7,15-16H,3,8-11H2,1-2H3,(H,22,24)/t16-/m1/s1. The van der Waals surface area contributed by atoms with Crippen LogP contribution >= 0.6 is 11.6 Å². The number of rotatable bonds is 6. The highest BCUT2D eigenvalue weighted by Gasteiger charge is 2.38. The van der Waals surface area contributed by atoms with Crippen LogP contribution in [-0.4, -0.2) is 41.9 Å². The topological polar surface area (TPSA) is 75.7 Å². The molecule has 7 heteroatoms. The first-order chi connectivity index (χ1) is 12.9. The van der Waals surface area contributed by atoms with Crippen LogP contribution in [0.4, 0.5) is 0 Å². The van der Waals surface area contributed by atoms with Gasteiger partial charge in [-0.15, -0.1) is 0 Å². The fourth-order valence-corrected chi connectivity index (χ4v) is 3.43. The summed E-state index contributed by atoms with van der Waals surface area (Å²) < 4.78 is 5.23. The minimum atomic E-state index is -0.463. The van der Waals surface area contributed by atoms with Crippen molar-refractivity contribution < 1.29 is 19.1 Å². The van der Waals surface area contributed by atoms with Crippen LogP contribution in [0.2, 0.25) is 5.02 Å². The number of nitrogens with zero attached hydrogens (tertiary/aromatic N) is 1. The molecule has 144 valence electrons. The Hall–Kier alpha value is -2.34. The van der Waals surface area contributed by atoms with E-state index in [9.17, 15) is 14.4 Å². The van der Waals surface area contributed by atoms with Gasteiger partial charge in [0.1, 0.15) is 6.54 Å². The molecule has 2 amide bonds. The quantitative estimate of drug-likeness (QED) is 0.758. The smallest absolute Gasteiger partial charge is 0.336 e. The van der Waals surface area contributed by atoms with Crippen LogP contribution in [-0.2, 0) is 19.1 Å². The van der Waals surface area contributed by atoms with Gasteiger partial charge in [-0.25, -0.2) is 4.79 Å². The Labute approximate surface area is 163 Å². The van der Waals surface area contributed by atoms with Crippen molar-refractivity contribution in [3.8, 4) is 0 Å². The Morgan fingerprint density at radius 1 is 1.26 bits per heavy atom. The monoisotopic (exact) mass is 390 g/mol. The number of ether oxygens (including phenoxy) is 1. The van der Waals surface area contributed by atoms with Crippen LogP contribution in [0, 0.1) is 0 Å². The Kier molecular flexibility index (Phi) is 5.85. The van der Waals surface area contributed by atoms with Gasteiger partial charge in [0, 0.05) is 29.1 Å². The van der Waals surface area contributed by atoms with Gasteiger partial charge < -0.3 is 15.0 Å². The number of allylic oxidation sites excluding steroid dienone is 1. The summed E-state index contributed by atoms with van der Waals surface area (Å²) in [5, 5.41) is 3.46. The third kappa shape index (κ3) is 4.50. The maximum absolute atomic E-state index is 12.8. The zero-order chi connectivity index (χ0) is 19.6. The highest BCUT2D eigenvalue weighted by atomic mass is 35.5. The van der Waals surface area contributed by atoms with Gasteiger partial charge in [0.15, 0.2) is 0 Å². The number of hydrogen-bond donors (Lipinski definition) is 1. The molecule has 1 atom stereocenters. The molecule has 1 aromatic carbocycles. The number of esters is 1. The maximum Gasteiger partial charge on any atom is 0.336 e. The summed E-state index contributed by atoms with van der Waals surface area (Å²) >= 11 is 5.96. The summed E-state index contributed by atoms with van der Waals surface area (Å²) in [6, 6.07) is 7.29. The van der Waals surface area contributed by atoms with E-state index in [2.05, 4.69) is 5.32 Å². The van der Waals surface area contributed by atoms with Gasteiger partial charge >= 0.3 is 5.97 Å². The van der Waals surface area contributed by atoms with E-state index < -0.39 is 11.9 Å². The molecule has 1 heterocycles. The molecule has 1 saturated carbocycles. The first-order valence-corrected chi connectivity index (χ1v) is 9.51. The largest absolute Gasteiger partial charge is 0.463 e. The molecule has 1 fully saturated rings.